The molecule has 1 aromatic rings. The van der Waals surface area contributed by atoms with Gasteiger partial charge < -0.3 is 4.74 Å². The van der Waals surface area contributed by atoms with Crippen molar-refractivity contribution in [2.75, 3.05) is 0 Å². The van der Waals surface area contributed by atoms with Crippen molar-refractivity contribution in [2.24, 2.45) is 47.3 Å². The highest BCUT2D eigenvalue weighted by Gasteiger charge is 2.92. The first-order valence-electron chi connectivity index (χ1n) is 7.66. The van der Waals surface area contributed by atoms with Crippen LogP contribution >= 0.6 is 0 Å². The first-order valence-corrected chi connectivity index (χ1v) is 7.66. The van der Waals surface area contributed by atoms with E-state index in [-0.39, 0.29) is 5.60 Å². The molecule has 2 saturated heterocycles. The third-order valence-electron chi connectivity index (χ3n) is 7.93. The molecule has 18 heavy (non-hydrogen) atoms. The van der Waals surface area contributed by atoms with Crippen molar-refractivity contribution < 1.29 is 4.74 Å². The summed E-state index contributed by atoms with van der Waals surface area (Å²) in [5.41, 5.74) is 1.70. The molecule has 0 unspecified atom stereocenters. The van der Waals surface area contributed by atoms with E-state index in [9.17, 15) is 0 Å². The quantitative estimate of drug-likeness (QED) is 0.728. The Morgan fingerprint density at radius 1 is 0.889 bits per heavy atom. The zero-order valence-corrected chi connectivity index (χ0v) is 10.2. The van der Waals surface area contributed by atoms with E-state index in [4.69, 9.17) is 4.74 Å². The van der Waals surface area contributed by atoms with Crippen molar-refractivity contribution in [1.82, 2.24) is 0 Å². The minimum Gasteiger partial charge on any atom is -0.366 e. The normalized spacial score (nSPS) is 70.6. The Morgan fingerprint density at radius 2 is 1.78 bits per heavy atom. The molecule has 1 aromatic carbocycles. The summed E-state index contributed by atoms with van der Waals surface area (Å²) in [5, 5.41) is 0. The molecule has 0 amide bonds. The Bertz CT molecular complexity index is 585. The van der Waals surface area contributed by atoms with Gasteiger partial charge in [-0.05, 0) is 47.5 Å². The predicted octanol–water partition coefficient (Wildman–Crippen LogP) is 2.67. The van der Waals surface area contributed by atoms with Gasteiger partial charge in [0.2, 0.25) is 0 Å². The number of rotatable bonds is 1. The summed E-state index contributed by atoms with van der Waals surface area (Å²) in [7, 11) is 0. The van der Waals surface area contributed by atoms with Gasteiger partial charge in [-0.2, -0.15) is 0 Å². The second kappa shape index (κ2) is 2.10. The van der Waals surface area contributed by atoms with Gasteiger partial charge in [0, 0.05) is 11.8 Å². The van der Waals surface area contributed by atoms with Crippen molar-refractivity contribution in [3.63, 3.8) is 0 Å². The van der Waals surface area contributed by atoms with Gasteiger partial charge in [0.25, 0.3) is 0 Å². The molecule has 4 bridgehead atoms. The van der Waals surface area contributed by atoms with Crippen LogP contribution in [0.3, 0.4) is 0 Å². The van der Waals surface area contributed by atoms with Crippen LogP contribution in [-0.2, 0) is 10.3 Å². The zero-order chi connectivity index (χ0) is 11.2. The van der Waals surface area contributed by atoms with Crippen LogP contribution in [0.25, 0.3) is 0 Å². The Morgan fingerprint density at radius 3 is 2.67 bits per heavy atom. The van der Waals surface area contributed by atoms with Crippen LogP contribution in [0.2, 0.25) is 0 Å². The van der Waals surface area contributed by atoms with E-state index in [1.807, 2.05) is 0 Å². The van der Waals surface area contributed by atoms with Crippen LogP contribution in [0.15, 0.2) is 30.3 Å². The van der Waals surface area contributed by atoms with Gasteiger partial charge in [-0.3, -0.25) is 0 Å². The zero-order valence-electron chi connectivity index (χ0n) is 10.2. The average molecular weight is 236 g/mol. The Kier molecular flexibility index (Phi) is 0.975. The second-order valence-corrected chi connectivity index (χ2v) is 7.67. The van der Waals surface area contributed by atoms with Crippen molar-refractivity contribution in [1.29, 1.82) is 0 Å². The van der Waals surface area contributed by atoms with Gasteiger partial charge in [0.15, 0.2) is 0 Å². The van der Waals surface area contributed by atoms with Gasteiger partial charge in [0.05, 0.1) is 6.10 Å². The summed E-state index contributed by atoms with van der Waals surface area (Å²) >= 11 is 0. The van der Waals surface area contributed by atoms with E-state index in [1.54, 1.807) is 6.42 Å². The molecule has 2 heterocycles. The summed E-state index contributed by atoms with van der Waals surface area (Å²) in [5.74, 6) is 8.01. The molecular formula is C17H16O. The Labute approximate surface area is 107 Å². The maximum atomic E-state index is 6.74. The Hall–Kier alpha value is -0.820. The molecule has 5 saturated carbocycles. The average Bonchev–Trinajstić information content (AvgIpc) is 3.01. The molecule has 0 spiro atoms. The van der Waals surface area contributed by atoms with Crippen LogP contribution in [0.4, 0.5) is 0 Å². The fourth-order valence-corrected chi connectivity index (χ4v) is 8.17. The lowest BCUT2D eigenvalue weighted by Gasteiger charge is -2.46. The minimum atomic E-state index is 0.179. The van der Waals surface area contributed by atoms with Crippen molar-refractivity contribution in [3.05, 3.63) is 35.9 Å². The Balaban J connectivity index is 1.58. The molecule has 5 aliphatic carbocycles. The molecule has 7 aliphatic rings. The third kappa shape index (κ3) is 0.499. The van der Waals surface area contributed by atoms with Gasteiger partial charge in [0.1, 0.15) is 5.60 Å². The molecule has 10 atom stereocenters. The predicted molar refractivity (Wildman–Crippen MR) is 65.5 cm³/mol. The minimum absolute atomic E-state index is 0.179. The van der Waals surface area contributed by atoms with Crippen LogP contribution in [0, 0.1) is 47.3 Å². The molecule has 0 radical (unpaired) electrons. The summed E-state index contributed by atoms with van der Waals surface area (Å²) in [6, 6.07) is 11.2. The van der Waals surface area contributed by atoms with Crippen molar-refractivity contribution >= 4 is 0 Å². The monoisotopic (exact) mass is 236 g/mol. The molecule has 0 aromatic heterocycles. The van der Waals surface area contributed by atoms with Crippen molar-refractivity contribution in [2.45, 2.75) is 18.1 Å². The third-order valence-corrected chi connectivity index (χ3v) is 7.93. The lowest BCUT2D eigenvalue weighted by molar-refractivity contribution is -0.0356. The standard InChI is InChI=1S/C17H16O/c1-2-4-7(5-3-1)17-14-9-6-8-10-11(9)15(17)13(10)16(18-17)12(8)14/h1-5,8-16H,6H2/t8-,9-,10-,11-,12+,13+,14+,15-,16-,17+/m0/s1. The second-order valence-electron chi connectivity index (χ2n) is 7.67. The first kappa shape index (κ1) is 8.37. The van der Waals surface area contributed by atoms with E-state index >= 15 is 0 Å². The largest absolute Gasteiger partial charge is 0.366 e. The molecule has 90 valence electrons. The fraction of sp³-hybridized carbons (Fsp3) is 0.647. The van der Waals surface area contributed by atoms with E-state index in [0.717, 1.165) is 47.3 Å². The van der Waals surface area contributed by atoms with Crippen LogP contribution < -0.4 is 0 Å². The van der Waals surface area contributed by atoms with Gasteiger partial charge in [-0.1, -0.05) is 30.3 Å². The smallest absolute Gasteiger partial charge is 0.100 e. The van der Waals surface area contributed by atoms with E-state index in [2.05, 4.69) is 30.3 Å². The highest BCUT2D eigenvalue weighted by atomic mass is 16.5. The number of ether oxygens (including phenoxy) is 1. The van der Waals surface area contributed by atoms with Crippen LogP contribution in [0.1, 0.15) is 12.0 Å². The molecule has 0 N–H and O–H groups in total. The van der Waals surface area contributed by atoms with E-state index < -0.39 is 0 Å². The molecular weight excluding hydrogens is 220 g/mol. The number of benzene rings is 1. The fourth-order valence-electron chi connectivity index (χ4n) is 8.17. The summed E-state index contributed by atoms with van der Waals surface area (Å²) in [4.78, 5) is 0. The van der Waals surface area contributed by atoms with Gasteiger partial charge in [-0.15, -0.1) is 0 Å². The lowest BCUT2D eigenvalue weighted by atomic mass is 9.56. The van der Waals surface area contributed by atoms with Crippen LogP contribution in [0.5, 0.6) is 0 Å². The van der Waals surface area contributed by atoms with E-state index in [0.29, 0.717) is 6.10 Å². The maximum Gasteiger partial charge on any atom is 0.100 e. The van der Waals surface area contributed by atoms with Crippen molar-refractivity contribution in [3.8, 4) is 0 Å². The molecule has 1 heteroatoms. The highest BCUT2D eigenvalue weighted by molar-refractivity contribution is 5.44. The van der Waals surface area contributed by atoms with Gasteiger partial charge in [-0.25, -0.2) is 0 Å². The van der Waals surface area contributed by atoms with E-state index in [1.165, 1.54) is 5.56 Å². The molecule has 8 rings (SSSR count). The molecule has 1 nitrogen and oxygen atoms in total. The summed E-state index contributed by atoms with van der Waals surface area (Å²) < 4.78 is 6.74. The highest BCUT2D eigenvalue weighted by Crippen LogP contribution is 2.92. The lowest BCUT2D eigenvalue weighted by Crippen LogP contribution is -2.47. The summed E-state index contributed by atoms with van der Waals surface area (Å²) in [6.07, 6.45) is 2.23. The van der Waals surface area contributed by atoms with Crippen LogP contribution in [-0.4, -0.2) is 6.10 Å². The molecule has 7 fully saturated rings. The van der Waals surface area contributed by atoms with Gasteiger partial charge >= 0.3 is 0 Å². The number of hydrogen-bond acceptors (Lipinski definition) is 1. The maximum absolute atomic E-state index is 6.74. The first-order chi connectivity index (χ1) is 8.93. The SMILES string of the molecule is c1ccc([C@]23O[C@@H]4[C@@H]5[C@H]6[C@@H]7C[C@@H]([C@@H]6[C@@H]52)[C@@H]3[C@@H]74)cc1. The summed E-state index contributed by atoms with van der Waals surface area (Å²) in [6.45, 7) is 0. The molecule has 2 aliphatic heterocycles. The number of hydrogen-bond donors (Lipinski definition) is 0. The topological polar surface area (TPSA) is 9.23 Å².